The van der Waals surface area contributed by atoms with Gasteiger partial charge in [-0.2, -0.15) is 0 Å². The van der Waals surface area contributed by atoms with Crippen LogP contribution < -0.4 is 5.32 Å². The molecule has 4 aromatic rings. The third-order valence-corrected chi connectivity index (χ3v) is 7.05. The van der Waals surface area contributed by atoms with E-state index < -0.39 is 11.6 Å². The summed E-state index contributed by atoms with van der Waals surface area (Å²) in [7, 11) is 0. The highest BCUT2D eigenvalue weighted by atomic mass is 16.3. The highest BCUT2D eigenvalue weighted by Crippen LogP contribution is 2.33. The van der Waals surface area contributed by atoms with Crippen molar-refractivity contribution < 1.29 is 14.7 Å². The summed E-state index contributed by atoms with van der Waals surface area (Å²) in [5, 5.41) is 14.9. The Hall–Kier alpha value is -4.23. The first-order valence-electron chi connectivity index (χ1n) is 12.5. The molecule has 2 heterocycles. The van der Waals surface area contributed by atoms with E-state index >= 15 is 0 Å². The monoisotopic (exact) mass is 494 g/mol. The summed E-state index contributed by atoms with van der Waals surface area (Å²) in [6, 6.07) is 27.7. The average Bonchev–Trinajstić information content (AvgIpc) is 3.37. The van der Waals surface area contributed by atoms with Crippen molar-refractivity contribution in [2.75, 3.05) is 6.54 Å². The number of nitrogens with zero attached hydrogens (tertiary/aromatic N) is 3. The van der Waals surface area contributed by atoms with Crippen LogP contribution in [-0.2, 0) is 29.9 Å². The van der Waals surface area contributed by atoms with Gasteiger partial charge in [0.2, 0.25) is 5.91 Å². The molecular formula is C30H30N4O3. The van der Waals surface area contributed by atoms with Crippen LogP contribution in [0, 0.1) is 0 Å². The molecule has 0 aliphatic carbocycles. The molecule has 1 aliphatic heterocycles. The maximum atomic E-state index is 13.4. The Morgan fingerprint density at radius 3 is 2.08 bits per heavy atom. The van der Waals surface area contributed by atoms with Crippen molar-refractivity contribution in [2.45, 2.75) is 38.1 Å². The largest absolute Gasteiger partial charge is 0.378 e. The Balaban J connectivity index is 1.32. The van der Waals surface area contributed by atoms with Crippen molar-refractivity contribution >= 4 is 11.8 Å². The van der Waals surface area contributed by atoms with Gasteiger partial charge in [0, 0.05) is 13.1 Å². The molecule has 0 spiro atoms. The van der Waals surface area contributed by atoms with Crippen LogP contribution in [0.25, 0.3) is 0 Å². The number of carbonyl (C=O) groups is 2. The minimum Gasteiger partial charge on any atom is -0.378 e. The fourth-order valence-electron chi connectivity index (χ4n) is 4.96. The topological polar surface area (TPSA) is 87.5 Å². The van der Waals surface area contributed by atoms with Crippen molar-refractivity contribution in [3.05, 3.63) is 125 Å². The molecule has 0 saturated carbocycles. The maximum Gasteiger partial charge on any atom is 0.269 e. The number of nitrogens with one attached hydrogen (secondary N) is 1. The van der Waals surface area contributed by atoms with E-state index in [1.54, 1.807) is 18.0 Å². The van der Waals surface area contributed by atoms with Crippen LogP contribution in [0.2, 0.25) is 0 Å². The second-order valence-corrected chi connectivity index (χ2v) is 9.38. The second-order valence-electron chi connectivity index (χ2n) is 9.38. The molecule has 0 bridgehead atoms. The normalized spacial score (nSPS) is 14.1. The third kappa shape index (κ3) is 4.90. The van der Waals surface area contributed by atoms with Crippen LogP contribution in [0.15, 0.2) is 97.2 Å². The van der Waals surface area contributed by atoms with Gasteiger partial charge in [-0.3, -0.25) is 9.59 Å². The van der Waals surface area contributed by atoms with Crippen molar-refractivity contribution in [2.24, 2.45) is 0 Å². The molecule has 7 nitrogen and oxygen atoms in total. The van der Waals surface area contributed by atoms with Gasteiger partial charge in [-0.25, -0.2) is 4.98 Å². The van der Waals surface area contributed by atoms with Gasteiger partial charge in [-0.05, 0) is 23.6 Å². The number of aromatic nitrogens is 2. The molecule has 0 unspecified atom stereocenters. The molecule has 1 aromatic heterocycles. The molecule has 1 atom stereocenters. The number of rotatable bonds is 7. The van der Waals surface area contributed by atoms with Crippen LogP contribution in [0.4, 0.5) is 0 Å². The van der Waals surface area contributed by atoms with Crippen molar-refractivity contribution in [1.82, 2.24) is 19.8 Å². The maximum absolute atomic E-state index is 13.4. The van der Waals surface area contributed by atoms with Crippen LogP contribution in [0.1, 0.15) is 39.9 Å². The lowest BCUT2D eigenvalue weighted by atomic mass is 9.81. The zero-order valence-corrected chi connectivity index (χ0v) is 20.7. The van der Waals surface area contributed by atoms with Gasteiger partial charge in [0.1, 0.15) is 17.1 Å². The number of amides is 2. The van der Waals surface area contributed by atoms with E-state index in [1.165, 1.54) is 0 Å². The standard InChI is InChI=1S/C30H30N4O3/c1-22(30(37,24-13-7-3-8-14-24)25-15-9-4-10-16-25)32-29(36)26-20-31-27-21-33(17-18-34(26)27)28(35)19-23-11-5-2-6-12-23/h2-16,20,22,37H,17-19,21H2,1H3,(H,32,36)/t22-/m0/s1. The van der Waals surface area contributed by atoms with E-state index in [9.17, 15) is 14.7 Å². The molecule has 2 amide bonds. The number of hydrogen-bond acceptors (Lipinski definition) is 4. The highest BCUT2D eigenvalue weighted by Gasteiger charge is 2.39. The van der Waals surface area contributed by atoms with Gasteiger partial charge < -0.3 is 19.9 Å². The molecule has 37 heavy (non-hydrogen) atoms. The molecule has 188 valence electrons. The third-order valence-electron chi connectivity index (χ3n) is 7.05. The van der Waals surface area contributed by atoms with Gasteiger partial charge >= 0.3 is 0 Å². The van der Waals surface area contributed by atoms with E-state index in [1.807, 2.05) is 95.6 Å². The summed E-state index contributed by atoms with van der Waals surface area (Å²) in [5.74, 6) is 0.392. The zero-order chi connectivity index (χ0) is 25.8. The molecule has 1 aliphatic rings. The minimum atomic E-state index is -1.43. The molecule has 7 heteroatoms. The lowest BCUT2D eigenvalue weighted by molar-refractivity contribution is -0.132. The number of imidazole rings is 1. The van der Waals surface area contributed by atoms with Gasteiger partial charge in [-0.1, -0.05) is 91.0 Å². The molecular weight excluding hydrogens is 464 g/mol. The van der Waals surface area contributed by atoms with Gasteiger partial charge in [0.25, 0.3) is 5.91 Å². The predicted molar refractivity (Wildman–Crippen MR) is 141 cm³/mol. The number of benzene rings is 3. The molecule has 0 saturated heterocycles. The number of hydrogen-bond donors (Lipinski definition) is 2. The first-order chi connectivity index (χ1) is 18.0. The second kappa shape index (κ2) is 10.4. The summed E-state index contributed by atoms with van der Waals surface area (Å²) in [6.45, 7) is 3.14. The molecule has 0 fully saturated rings. The Morgan fingerprint density at radius 1 is 0.919 bits per heavy atom. The van der Waals surface area contributed by atoms with E-state index in [-0.39, 0.29) is 11.8 Å². The molecule has 0 radical (unpaired) electrons. The fraction of sp³-hybridized carbons (Fsp3) is 0.233. The molecule has 3 aromatic carbocycles. The van der Waals surface area contributed by atoms with Crippen molar-refractivity contribution in [3.8, 4) is 0 Å². The summed E-state index contributed by atoms with van der Waals surface area (Å²) < 4.78 is 1.86. The lowest BCUT2D eigenvalue weighted by Gasteiger charge is -2.36. The lowest BCUT2D eigenvalue weighted by Crippen LogP contribution is -2.50. The van der Waals surface area contributed by atoms with Crippen molar-refractivity contribution in [1.29, 1.82) is 0 Å². The first kappa shape index (κ1) is 24.5. The summed E-state index contributed by atoms with van der Waals surface area (Å²) >= 11 is 0. The smallest absolute Gasteiger partial charge is 0.269 e. The Kier molecular flexibility index (Phi) is 6.88. The predicted octanol–water partition coefficient (Wildman–Crippen LogP) is 3.52. The number of fused-ring (bicyclic) bond motifs is 1. The van der Waals surface area contributed by atoms with Gasteiger partial charge in [0.05, 0.1) is 25.2 Å². The quantitative estimate of drug-likeness (QED) is 0.412. The Labute approximate surface area is 216 Å². The van der Waals surface area contributed by atoms with E-state index in [2.05, 4.69) is 10.3 Å². The molecule has 5 rings (SSSR count). The highest BCUT2D eigenvalue weighted by molar-refractivity contribution is 5.93. The Bertz CT molecular complexity index is 1330. The van der Waals surface area contributed by atoms with Crippen LogP contribution in [0.5, 0.6) is 0 Å². The fourth-order valence-corrected chi connectivity index (χ4v) is 4.96. The minimum absolute atomic E-state index is 0.0378. The Morgan fingerprint density at radius 2 is 1.49 bits per heavy atom. The average molecular weight is 495 g/mol. The number of aliphatic hydroxyl groups is 1. The SMILES string of the molecule is C[C@H](NC(=O)c1cnc2n1CCN(C(=O)Cc1ccccc1)C2)C(O)(c1ccccc1)c1ccccc1. The van der Waals surface area contributed by atoms with Crippen LogP contribution in [-0.4, -0.2) is 44.0 Å². The summed E-state index contributed by atoms with van der Waals surface area (Å²) in [4.78, 5) is 32.4. The number of carbonyl (C=O) groups excluding carboxylic acids is 2. The summed E-state index contributed by atoms with van der Waals surface area (Å²) in [5.41, 5.74) is 1.35. The van der Waals surface area contributed by atoms with Gasteiger partial charge in [-0.15, -0.1) is 0 Å². The zero-order valence-electron chi connectivity index (χ0n) is 20.7. The van der Waals surface area contributed by atoms with Crippen LogP contribution in [0.3, 0.4) is 0 Å². The van der Waals surface area contributed by atoms with E-state index in [0.717, 1.165) is 5.56 Å². The first-order valence-corrected chi connectivity index (χ1v) is 12.5. The van der Waals surface area contributed by atoms with Crippen molar-refractivity contribution in [3.63, 3.8) is 0 Å². The molecule has 2 N–H and O–H groups in total. The van der Waals surface area contributed by atoms with Gasteiger partial charge in [0.15, 0.2) is 0 Å². The van der Waals surface area contributed by atoms with Crippen LogP contribution >= 0.6 is 0 Å². The van der Waals surface area contributed by atoms with E-state index in [0.29, 0.717) is 48.7 Å². The van der Waals surface area contributed by atoms with E-state index in [4.69, 9.17) is 0 Å². The summed E-state index contributed by atoms with van der Waals surface area (Å²) in [6.07, 6.45) is 1.89.